The third-order valence-electron chi connectivity index (χ3n) is 3.21. The van der Waals surface area contributed by atoms with E-state index >= 15 is 0 Å². The summed E-state index contributed by atoms with van der Waals surface area (Å²) in [6.07, 6.45) is 0. The Morgan fingerprint density at radius 3 is 2.50 bits per heavy atom. The van der Waals surface area contributed by atoms with Gasteiger partial charge in [0, 0.05) is 22.3 Å². The van der Waals surface area contributed by atoms with Crippen molar-refractivity contribution in [3.63, 3.8) is 0 Å². The lowest BCUT2D eigenvalue weighted by molar-refractivity contribution is 0.591. The van der Waals surface area contributed by atoms with Gasteiger partial charge in [0.25, 0.3) is 0 Å². The highest BCUT2D eigenvalue weighted by Gasteiger charge is 2.17. The van der Waals surface area contributed by atoms with E-state index in [1.807, 2.05) is 24.3 Å². The van der Waals surface area contributed by atoms with Gasteiger partial charge in [0.15, 0.2) is 0 Å². The van der Waals surface area contributed by atoms with Crippen molar-refractivity contribution < 1.29 is 4.39 Å². The molecule has 0 saturated carbocycles. The van der Waals surface area contributed by atoms with Gasteiger partial charge in [-0.1, -0.05) is 54.9 Å². The van der Waals surface area contributed by atoms with Gasteiger partial charge in [0.05, 0.1) is 0 Å². The molecule has 1 nitrogen and oxygen atoms in total. The molecule has 0 aliphatic rings. The minimum atomic E-state index is -0.186. The molecule has 2 aromatic carbocycles. The molecule has 1 N–H and O–H groups in total. The minimum absolute atomic E-state index is 0.0550. The molecule has 2 rings (SSSR count). The molecule has 0 atom stereocenters. The van der Waals surface area contributed by atoms with Crippen LogP contribution >= 0.6 is 15.9 Å². The zero-order valence-electron chi connectivity index (χ0n) is 12.0. The van der Waals surface area contributed by atoms with Crippen molar-refractivity contribution in [1.82, 2.24) is 0 Å². The van der Waals surface area contributed by atoms with Crippen LogP contribution in [0.5, 0.6) is 0 Å². The molecule has 0 aliphatic heterocycles. The molecule has 0 amide bonds. The topological polar surface area (TPSA) is 12.0 Å². The number of hydrogen-bond acceptors (Lipinski definition) is 1. The van der Waals surface area contributed by atoms with E-state index in [1.54, 1.807) is 6.07 Å². The van der Waals surface area contributed by atoms with Crippen molar-refractivity contribution in [2.45, 2.75) is 32.7 Å². The number of anilines is 1. The van der Waals surface area contributed by atoms with Gasteiger partial charge in [-0.2, -0.15) is 0 Å². The number of para-hydroxylation sites is 1. The van der Waals surface area contributed by atoms with Crippen molar-refractivity contribution in [1.29, 1.82) is 0 Å². The molecule has 0 saturated heterocycles. The summed E-state index contributed by atoms with van der Waals surface area (Å²) in [7, 11) is 0. The van der Waals surface area contributed by atoms with Crippen LogP contribution < -0.4 is 5.32 Å². The maximum atomic E-state index is 13.7. The van der Waals surface area contributed by atoms with E-state index < -0.39 is 0 Å². The number of benzene rings is 2. The van der Waals surface area contributed by atoms with Gasteiger partial charge in [0.2, 0.25) is 0 Å². The maximum absolute atomic E-state index is 13.7. The fourth-order valence-electron chi connectivity index (χ4n) is 2.16. The Morgan fingerprint density at radius 2 is 1.80 bits per heavy atom. The monoisotopic (exact) mass is 335 g/mol. The molecule has 20 heavy (non-hydrogen) atoms. The van der Waals surface area contributed by atoms with E-state index in [2.05, 4.69) is 48.1 Å². The second kappa shape index (κ2) is 5.96. The van der Waals surface area contributed by atoms with Crippen LogP contribution in [0.1, 0.15) is 31.9 Å². The molecule has 0 fully saturated rings. The standard InChI is InChI=1S/C17H19BrFN/c1-17(2,3)14-6-4-5-7-16(14)20-11-12-10-13(18)8-9-15(12)19/h4-10,20H,11H2,1-3H3. The lowest BCUT2D eigenvalue weighted by atomic mass is 9.86. The largest absolute Gasteiger partial charge is 0.381 e. The zero-order valence-corrected chi connectivity index (χ0v) is 13.6. The number of nitrogens with one attached hydrogen (secondary N) is 1. The maximum Gasteiger partial charge on any atom is 0.128 e. The van der Waals surface area contributed by atoms with Crippen LogP contribution in [-0.4, -0.2) is 0 Å². The fraction of sp³-hybridized carbons (Fsp3) is 0.294. The van der Waals surface area contributed by atoms with Gasteiger partial charge >= 0.3 is 0 Å². The highest BCUT2D eigenvalue weighted by atomic mass is 79.9. The van der Waals surface area contributed by atoms with Gasteiger partial charge in [-0.15, -0.1) is 0 Å². The Morgan fingerprint density at radius 1 is 1.10 bits per heavy atom. The van der Waals surface area contributed by atoms with Crippen LogP contribution in [-0.2, 0) is 12.0 Å². The molecule has 3 heteroatoms. The van der Waals surface area contributed by atoms with Crippen molar-refractivity contribution in [2.75, 3.05) is 5.32 Å². The van der Waals surface area contributed by atoms with E-state index in [0.717, 1.165) is 10.2 Å². The summed E-state index contributed by atoms with van der Waals surface area (Å²) in [6.45, 7) is 6.99. The molecular weight excluding hydrogens is 317 g/mol. The van der Waals surface area contributed by atoms with Crippen molar-refractivity contribution in [3.05, 3.63) is 63.9 Å². The van der Waals surface area contributed by atoms with Crippen LogP contribution in [0.15, 0.2) is 46.9 Å². The Bertz CT molecular complexity index is 602. The molecule has 0 heterocycles. The summed E-state index contributed by atoms with van der Waals surface area (Å²) in [5, 5.41) is 3.34. The molecule has 0 unspecified atom stereocenters. The van der Waals surface area contributed by atoms with Crippen LogP contribution in [0.3, 0.4) is 0 Å². The number of halogens is 2. The minimum Gasteiger partial charge on any atom is -0.381 e. The predicted molar refractivity (Wildman–Crippen MR) is 86.6 cm³/mol. The van der Waals surface area contributed by atoms with E-state index in [4.69, 9.17) is 0 Å². The second-order valence-corrected chi connectivity index (χ2v) is 6.80. The van der Waals surface area contributed by atoms with Crippen LogP contribution in [0, 0.1) is 5.82 Å². The quantitative estimate of drug-likeness (QED) is 0.781. The van der Waals surface area contributed by atoms with Gasteiger partial charge < -0.3 is 5.32 Å². The molecule has 0 aromatic heterocycles. The second-order valence-electron chi connectivity index (χ2n) is 5.88. The summed E-state index contributed by atoms with van der Waals surface area (Å²) < 4.78 is 14.6. The average molecular weight is 336 g/mol. The Kier molecular flexibility index (Phi) is 4.48. The van der Waals surface area contributed by atoms with Gasteiger partial charge in [-0.25, -0.2) is 4.39 Å². The number of hydrogen-bond donors (Lipinski definition) is 1. The number of rotatable bonds is 3. The van der Waals surface area contributed by atoms with E-state index in [-0.39, 0.29) is 11.2 Å². The SMILES string of the molecule is CC(C)(C)c1ccccc1NCc1cc(Br)ccc1F. The zero-order chi connectivity index (χ0) is 14.8. The van der Waals surface area contributed by atoms with E-state index in [0.29, 0.717) is 12.1 Å². The first kappa shape index (κ1) is 15.0. The molecular formula is C17H19BrFN. The lowest BCUT2D eigenvalue weighted by Gasteiger charge is -2.23. The molecule has 0 bridgehead atoms. The van der Waals surface area contributed by atoms with Crippen LogP contribution in [0.2, 0.25) is 0 Å². The van der Waals surface area contributed by atoms with Gasteiger partial charge in [0.1, 0.15) is 5.82 Å². The third kappa shape index (κ3) is 3.60. The van der Waals surface area contributed by atoms with Crippen LogP contribution in [0.4, 0.5) is 10.1 Å². The Labute approximate surface area is 128 Å². The highest BCUT2D eigenvalue weighted by Crippen LogP contribution is 2.29. The summed E-state index contributed by atoms with van der Waals surface area (Å²) in [5.74, 6) is -0.186. The first-order valence-corrected chi connectivity index (χ1v) is 7.44. The summed E-state index contributed by atoms with van der Waals surface area (Å²) >= 11 is 3.37. The Balaban J connectivity index is 2.21. The molecule has 0 radical (unpaired) electrons. The summed E-state index contributed by atoms with van der Waals surface area (Å²) in [5.41, 5.74) is 3.00. The van der Waals surface area contributed by atoms with Gasteiger partial charge in [-0.05, 0) is 35.2 Å². The van der Waals surface area contributed by atoms with Crippen LogP contribution in [0.25, 0.3) is 0 Å². The van der Waals surface area contributed by atoms with Crippen molar-refractivity contribution in [3.8, 4) is 0 Å². The van der Waals surface area contributed by atoms with Crippen molar-refractivity contribution in [2.24, 2.45) is 0 Å². The summed E-state index contributed by atoms with van der Waals surface area (Å²) in [4.78, 5) is 0. The van der Waals surface area contributed by atoms with Gasteiger partial charge in [-0.3, -0.25) is 0 Å². The highest BCUT2D eigenvalue weighted by molar-refractivity contribution is 9.10. The molecule has 106 valence electrons. The lowest BCUT2D eigenvalue weighted by Crippen LogP contribution is -2.15. The molecule has 2 aromatic rings. The Hall–Kier alpha value is -1.35. The summed E-state index contributed by atoms with van der Waals surface area (Å²) in [6, 6.07) is 13.2. The van der Waals surface area contributed by atoms with E-state index in [9.17, 15) is 4.39 Å². The van der Waals surface area contributed by atoms with Crippen molar-refractivity contribution >= 4 is 21.6 Å². The normalized spacial score (nSPS) is 11.4. The predicted octanol–water partition coefficient (Wildman–Crippen LogP) is 5.50. The molecule has 0 spiro atoms. The van der Waals surface area contributed by atoms with E-state index in [1.165, 1.54) is 11.6 Å². The molecule has 0 aliphatic carbocycles. The smallest absolute Gasteiger partial charge is 0.128 e. The first-order chi connectivity index (χ1) is 9.38. The third-order valence-corrected chi connectivity index (χ3v) is 3.71. The average Bonchev–Trinajstić information content (AvgIpc) is 2.39. The first-order valence-electron chi connectivity index (χ1n) is 6.65. The fourth-order valence-corrected chi connectivity index (χ4v) is 2.57.